The second-order valence-electron chi connectivity index (χ2n) is 20.5. The van der Waals surface area contributed by atoms with Gasteiger partial charge in [0.2, 0.25) is 0 Å². The van der Waals surface area contributed by atoms with Gasteiger partial charge in [0.25, 0.3) is 0 Å². The molecule has 0 amide bonds. The van der Waals surface area contributed by atoms with Gasteiger partial charge in [-0.15, -0.1) is 0 Å². The van der Waals surface area contributed by atoms with Gasteiger partial charge in [0.15, 0.2) is 0 Å². The fourth-order valence-corrected chi connectivity index (χ4v) is 13.1. The first-order valence-electron chi connectivity index (χ1n) is 18.1. The minimum atomic E-state index is 0. The first-order valence-corrected chi connectivity index (χ1v) is 18.1. The molecule has 0 N–H and O–H groups in total. The predicted octanol–water partition coefficient (Wildman–Crippen LogP) is 13.2. The summed E-state index contributed by atoms with van der Waals surface area (Å²) in [6, 6.07) is 0. The summed E-state index contributed by atoms with van der Waals surface area (Å²) in [4.78, 5) is 0. The molecule has 42 heavy (non-hydrogen) atoms. The zero-order valence-electron chi connectivity index (χ0n) is 30.1. The van der Waals surface area contributed by atoms with Crippen LogP contribution in [0.25, 0.3) is 0 Å². The molecule has 0 radical (unpaired) electrons. The lowest BCUT2D eigenvalue weighted by Crippen LogP contribution is -2.50. The molecule has 0 spiro atoms. The molecule has 0 heteroatoms. The van der Waals surface area contributed by atoms with Crippen molar-refractivity contribution in [3.63, 3.8) is 0 Å². The molecule has 7 fully saturated rings. The van der Waals surface area contributed by atoms with Crippen LogP contribution in [0.1, 0.15) is 158 Å². The van der Waals surface area contributed by atoms with Gasteiger partial charge in [-0.2, -0.15) is 0 Å². The zero-order chi connectivity index (χ0) is 30.1. The van der Waals surface area contributed by atoms with Gasteiger partial charge in [0, 0.05) is 0 Å². The SMILES string of the molecule is C.C.CC1C(C)C2CC1C1C2C2CC1C(C)(C)C2(C)C.CC1C(C)C2CC1C1CC(C)(C)C(C)(C)C21.CCC(C)(C)C. The number of fused-ring (bicyclic) bond motifs is 14. The summed E-state index contributed by atoms with van der Waals surface area (Å²) in [6.45, 7) is 39.5. The van der Waals surface area contributed by atoms with E-state index < -0.39 is 0 Å². The number of hydrogen-bond acceptors (Lipinski definition) is 0. The van der Waals surface area contributed by atoms with Crippen LogP contribution >= 0.6 is 0 Å². The molecular weight excluding hydrogens is 504 g/mol. The Bertz CT molecular complexity index is 904. The highest BCUT2D eigenvalue weighted by Crippen LogP contribution is 2.78. The maximum atomic E-state index is 2.58. The van der Waals surface area contributed by atoms with E-state index in [1.807, 2.05) is 0 Å². The topological polar surface area (TPSA) is 0 Å². The fourth-order valence-electron chi connectivity index (χ4n) is 13.1. The average molecular weight is 585 g/mol. The van der Waals surface area contributed by atoms with Crippen LogP contribution in [0.2, 0.25) is 0 Å². The van der Waals surface area contributed by atoms with E-state index in [-0.39, 0.29) is 14.9 Å². The Hall–Kier alpha value is 0. The van der Waals surface area contributed by atoms with Crippen molar-refractivity contribution in [1.29, 1.82) is 0 Å². The molecule has 14 atom stereocenters. The van der Waals surface area contributed by atoms with Crippen LogP contribution in [-0.2, 0) is 0 Å². The van der Waals surface area contributed by atoms with Crippen molar-refractivity contribution in [3.8, 4) is 0 Å². The lowest BCUT2D eigenvalue weighted by Gasteiger charge is -2.55. The molecule has 0 saturated heterocycles. The number of rotatable bonds is 0. The van der Waals surface area contributed by atoms with Gasteiger partial charge in [0.05, 0.1) is 0 Å². The molecule has 0 aromatic rings. The molecule has 0 nitrogen and oxygen atoms in total. The van der Waals surface area contributed by atoms with E-state index in [4.69, 9.17) is 0 Å². The quantitative estimate of drug-likeness (QED) is 0.248. The minimum absolute atomic E-state index is 0. The monoisotopic (exact) mass is 585 g/mol. The Kier molecular flexibility index (Phi) is 9.61. The molecule has 6 bridgehead atoms. The van der Waals surface area contributed by atoms with E-state index in [1.165, 1.54) is 12.8 Å². The van der Waals surface area contributed by atoms with Crippen LogP contribution in [0, 0.1) is 110 Å². The summed E-state index contributed by atoms with van der Waals surface area (Å²) < 4.78 is 0. The normalized spacial score (nSPS) is 50.0. The minimum Gasteiger partial charge on any atom is -0.0776 e. The van der Waals surface area contributed by atoms with Crippen molar-refractivity contribution in [1.82, 2.24) is 0 Å². The maximum absolute atomic E-state index is 2.58. The van der Waals surface area contributed by atoms with E-state index in [9.17, 15) is 0 Å². The van der Waals surface area contributed by atoms with Crippen molar-refractivity contribution in [2.75, 3.05) is 0 Å². The van der Waals surface area contributed by atoms with E-state index in [1.54, 1.807) is 19.3 Å². The predicted molar refractivity (Wildman–Crippen MR) is 188 cm³/mol. The Morgan fingerprint density at radius 2 is 0.881 bits per heavy atom. The van der Waals surface area contributed by atoms with Gasteiger partial charge in [-0.05, 0) is 136 Å². The standard InChI is InChI=1S/C18H30.C16H28.C6H14.2CH4/c1-9-10(2)12-7-11(9)15-13-8-14(16(12)15)18(5,6)17(13,3)4;1-9-10(2)12-7-11(9)13-8-15(3,4)16(5,6)14(12)13;1-5-6(2,3)4;;/h9-16H,7-8H2,1-6H3;9-14H,7-8H2,1-6H3;5H2,1-4H3;2*1H4. The van der Waals surface area contributed by atoms with Crippen LogP contribution in [0.4, 0.5) is 0 Å². The van der Waals surface area contributed by atoms with Crippen LogP contribution < -0.4 is 0 Å². The Morgan fingerprint density at radius 1 is 0.524 bits per heavy atom. The summed E-state index contributed by atoms with van der Waals surface area (Å²) in [5.41, 5.74) is 2.81. The highest BCUT2D eigenvalue weighted by atomic mass is 14.8. The van der Waals surface area contributed by atoms with Gasteiger partial charge in [-0.1, -0.05) is 132 Å². The third kappa shape index (κ3) is 4.85. The Morgan fingerprint density at radius 3 is 1.29 bits per heavy atom. The summed E-state index contributed by atoms with van der Waals surface area (Å²) in [5.74, 6) is 14.6. The van der Waals surface area contributed by atoms with Gasteiger partial charge < -0.3 is 0 Å². The van der Waals surface area contributed by atoms with Gasteiger partial charge in [-0.25, -0.2) is 0 Å². The van der Waals surface area contributed by atoms with Gasteiger partial charge in [-0.3, -0.25) is 0 Å². The van der Waals surface area contributed by atoms with Crippen molar-refractivity contribution < 1.29 is 0 Å². The first kappa shape index (κ1) is 36.5. The lowest BCUT2D eigenvalue weighted by molar-refractivity contribution is -0.0704. The molecule has 7 aliphatic carbocycles. The second-order valence-corrected chi connectivity index (χ2v) is 20.5. The molecule has 7 saturated carbocycles. The third-order valence-corrected chi connectivity index (χ3v) is 17.7. The van der Waals surface area contributed by atoms with Crippen molar-refractivity contribution in [2.24, 2.45) is 110 Å². The molecule has 248 valence electrons. The van der Waals surface area contributed by atoms with E-state index >= 15 is 0 Å². The zero-order valence-corrected chi connectivity index (χ0v) is 30.1. The Labute approximate surface area is 267 Å². The lowest BCUT2D eigenvalue weighted by atomic mass is 9.50. The molecule has 7 aliphatic rings. The second kappa shape index (κ2) is 11.1. The Balaban J connectivity index is 0.000000188. The van der Waals surface area contributed by atoms with Crippen LogP contribution in [0.3, 0.4) is 0 Å². The van der Waals surface area contributed by atoms with Crippen molar-refractivity contribution in [3.05, 3.63) is 0 Å². The molecule has 0 aromatic heterocycles. The molecule has 0 aromatic carbocycles. The highest BCUT2D eigenvalue weighted by Gasteiger charge is 2.72. The molecular formula is C42H80. The third-order valence-electron chi connectivity index (χ3n) is 17.7. The highest BCUT2D eigenvalue weighted by molar-refractivity contribution is 5.20. The first-order chi connectivity index (χ1) is 18.1. The van der Waals surface area contributed by atoms with E-state index in [0.717, 1.165) is 82.9 Å². The van der Waals surface area contributed by atoms with Crippen LogP contribution in [0.5, 0.6) is 0 Å². The summed E-state index contributed by atoms with van der Waals surface area (Å²) in [6.07, 6.45) is 7.45. The van der Waals surface area contributed by atoms with Crippen LogP contribution in [-0.4, -0.2) is 0 Å². The van der Waals surface area contributed by atoms with Crippen molar-refractivity contribution in [2.45, 2.75) is 158 Å². The fraction of sp³-hybridized carbons (Fsp3) is 1.00. The summed E-state index contributed by atoms with van der Waals surface area (Å²) >= 11 is 0. The molecule has 0 heterocycles. The van der Waals surface area contributed by atoms with Crippen molar-refractivity contribution >= 4 is 0 Å². The smallest absolute Gasteiger partial charge is 0.0269 e. The molecule has 7 rings (SSSR count). The van der Waals surface area contributed by atoms with E-state index in [2.05, 4.69) is 111 Å². The van der Waals surface area contributed by atoms with Gasteiger partial charge >= 0.3 is 0 Å². The van der Waals surface area contributed by atoms with Crippen LogP contribution in [0.15, 0.2) is 0 Å². The number of hydrogen-bond donors (Lipinski definition) is 0. The maximum Gasteiger partial charge on any atom is -0.0269 e. The summed E-state index contributed by atoms with van der Waals surface area (Å²) in [7, 11) is 0. The average Bonchev–Trinajstić information content (AvgIpc) is 3.64. The largest absolute Gasteiger partial charge is 0.0776 e. The molecule has 14 unspecified atom stereocenters. The molecule has 0 aliphatic heterocycles. The van der Waals surface area contributed by atoms with Gasteiger partial charge in [0.1, 0.15) is 0 Å². The van der Waals surface area contributed by atoms with E-state index in [0.29, 0.717) is 27.1 Å². The summed E-state index contributed by atoms with van der Waals surface area (Å²) in [5, 5.41) is 0.